The summed E-state index contributed by atoms with van der Waals surface area (Å²) in [5.74, 6) is -2.10. The number of halogens is 4. The van der Waals surface area contributed by atoms with Gasteiger partial charge < -0.3 is 10.5 Å². The largest absolute Gasteiger partial charge is 0.424 e. The molecule has 0 amide bonds. The van der Waals surface area contributed by atoms with E-state index in [2.05, 4.69) is 15.0 Å². The van der Waals surface area contributed by atoms with Gasteiger partial charge in [0.15, 0.2) is 5.78 Å². The first-order chi connectivity index (χ1) is 14.8. The second-order valence-electron chi connectivity index (χ2n) is 7.82. The second kappa shape index (κ2) is 7.94. The van der Waals surface area contributed by atoms with Crippen molar-refractivity contribution in [2.24, 2.45) is 10.7 Å². The van der Waals surface area contributed by atoms with Gasteiger partial charge in [0.25, 0.3) is 0 Å². The third kappa shape index (κ3) is 4.05. The van der Waals surface area contributed by atoms with Gasteiger partial charge in [0.1, 0.15) is 34.6 Å². The molecule has 2 aromatic heterocycles. The highest BCUT2D eigenvalue weighted by Gasteiger charge is 2.59. The summed E-state index contributed by atoms with van der Waals surface area (Å²) in [6, 6.07) is 5.78. The van der Waals surface area contributed by atoms with Crippen LogP contribution in [-0.4, -0.2) is 40.0 Å². The normalized spacial score (nSPS) is 23.4. The van der Waals surface area contributed by atoms with E-state index in [1.54, 1.807) is 6.92 Å². The Balaban J connectivity index is 1.93. The summed E-state index contributed by atoms with van der Waals surface area (Å²) in [6.45, 7) is 3.10. The van der Waals surface area contributed by atoms with Crippen LogP contribution >= 0.6 is 0 Å². The zero-order valence-electron chi connectivity index (χ0n) is 17.4. The molecule has 0 fully saturated rings. The molecule has 0 bridgehead atoms. The van der Waals surface area contributed by atoms with Crippen molar-refractivity contribution in [1.82, 2.24) is 9.97 Å². The Kier molecular flexibility index (Phi) is 5.78. The van der Waals surface area contributed by atoms with Crippen molar-refractivity contribution in [3.63, 3.8) is 0 Å². The molecule has 0 saturated heterocycles. The summed E-state index contributed by atoms with van der Waals surface area (Å²) >= 11 is 0. The molecule has 2 N–H and O–H groups in total. The van der Waals surface area contributed by atoms with Crippen molar-refractivity contribution < 1.29 is 27.1 Å². The molecule has 168 valence electrons. The third-order valence-electron chi connectivity index (χ3n) is 5.27. The molecule has 0 aromatic carbocycles. The van der Waals surface area contributed by atoms with Crippen molar-refractivity contribution in [3.8, 4) is 6.07 Å². The number of rotatable bonds is 4. The van der Waals surface area contributed by atoms with Gasteiger partial charge in [0.05, 0.1) is 18.6 Å². The molecule has 0 aliphatic carbocycles. The maximum absolute atomic E-state index is 14.6. The molecular weight excluding hydrogens is 430 g/mol. The number of hydrogen-bond acceptors (Lipinski definition) is 7. The van der Waals surface area contributed by atoms with Crippen LogP contribution in [0.4, 0.5) is 17.6 Å². The first kappa shape index (κ1) is 23.3. The fraction of sp³-hybridized carbons (Fsp3) is 0.381. The fourth-order valence-electron chi connectivity index (χ4n) is 3.25. The van der Waals surface area contributed by atoms with Gasteiger partial charge in [-0.05, 0) is 44.5 Å². The predicted molar refractivity (Wildman–Crippen MR) is 105 cm³/mol. The molecule has 1 aliphatic heterocycles. The zero-order chi connectivity index (χ0) is 23.9. The number of carbonyl (C=O) groups is 1. The van der Waals surface area contributed by atoms with Crippen LogP contribution in [0.5, 0.6) is 0 Å². The highest BCUT2D eigenvalue weighted by molar-refractivity contribution is 5.96. The molecule has 2 aromatic rings. The van der Waals surface area contributed by atoms with Crippen LogP contribution in [0.25, 0.3) is 0 Å². The number of nitrogens with zero attached hydrogens (tertiary/aromatic N) is 4. The van der Waals surface area contributed by atoms with Gasteiger partial charge in [-0.2, -0.15) is 18.4 Å². The average molecular weight is 449 g/mol. The van der Waals surface area contributed by atoms with Crippen LogP contribution in [0.1, 0.15) is 46.9 Å². The van der Waals surface area contributed by atoms with Crippen LogP contribution in [0.3, 0.4) is 0 Å². The number of ketones is 1. The van der Waals surface area contributed by atoms with Gasteiger partial charge >= 0.3 is 6.18 Å². The minimum absolute atomic E-state index is 0.132. The molecule has 1 aliphatic rings. The van der Waals surface area contributed by atoms with E-state index < -0.39 is 41.4 Å². The third-order valence-corrected chi connectivity index (χ3v) is 5.27. The quantitative estimate of drug-likeness (QED) is 0.567. The molecular formula is C21H19F4N5O2. The lowest BCUT2D eigenvalue weighted by molar-refractivity contribution is -0.249. The number of Topliss-reactive ketones (excluding diaryl/α,β-unsaturated/α-hetero) is 1. The molecule has 11 heteroatoms. The Morgan fingerprint density at radius 3 is 2.59 bits per heavy atom. The smallest absolute Gasteiger partial charge is 0.385 e. The molecule has 2 atom stereocenters. The minimum atomic E-state index is -4.81. The molecule has 32 heavy (non-hydrogen) atoms. The second-order valence-corrected chi connectivity index (χ2v) is 7.82. The van der Waals surface area contributed by atoms with Crippen LogP contribution in [0, 0.1) is 24.1 Å². The summed E-state index contributed by atoms with van der Waals surface area (Å²) in [6.07, 6.45) is -3.79. The van der Waals surface area contributed by atoms with E-state index in [4.69, 9.17) is 15.7 Å². The van der Waals surface area contributed by atoms with E-state index in [0.29, 0.717) is 11.1 Å². The summed E-state index contributed by atoms with van der Waals surface area (Å²) in [4.78, 5) is 24.7. The highest BCUT2D eigenvalue weighted by Crippen LogP contribution is 2.40. The number of pyridine rings is 2. The number of ether oxygens (including phenoxy) is 1. The predicted octanol–water partition coefficient (Wildman–Crippen LogP) is 3.14. The van der Waals surface area contributed by atoms with Crippen LogP contribution in [-0.2, 0) is 16.7 Å². The van der Waals surface area contributed by atoms with E-state index in [1.165, 1.54) is 25.3 Å². The topological polar surface area (TPSA) is 114 Å². The Morgan fingerprint density at radius 1 is 1.34 bits per heavy atom. The van der Waals surface area contributed by atoms with Crippen molar-refractivity contribution in [2.75, 3.05) is 6.61 Å². The van der Waals surface area contributed by atoms with Crippen LogP contribution in [0.15, 0.2) is 29.4 Å². The Morgan fingerprint density at radius 2 is 2.03 bits per heavy atom. The monoisotopic (exact) mass is 449 g/mol. The van der Waals surface area contributed by atoms with Gasteiger partial charge in [0, 0.05) is 11.9 Å². The van der Waals surface area contributed by atoms with E-state index in [-0.39, 0.29) is 23.5 Å². The van der Waals surface area contributed by atoms with Crippen LogP contribution < -0.4 is 5.73 Å². The first-order valence-electron chi connectivity index (χ1n) is 9.43. The van der Waals surface area contributed by atoms with Gasteiger partial charge in [-0.15, -0.1) is 0 Å². The maximum atomic E-state index is 14.6. The number of hydrogen-bond donors (Lipinski definition) is 1. The van der Waals surface area contributed by atoms with Crippen LogP contribution in [0.2, 0.25) is 0 Å². The lowest BCUT2D eigenvalue weighted by atomic mass is 9.93. The number of nitrogens with two attached hydrogens (primary N) is 1. The van der Waals surface area contributed by atoms with Crippen molar-refractivity contribution in [1.29, 1.82) is 5.26 Å². The summed E-state index contributed by atoms with van der Waals surface area (Å²) in [5.41, 5.74) is 1.94. The number of aromatic nitrogens is 2. The number of nitriles is 1. The maximum Gasteiger partial charge on any atom is 0.424 e. The van der Waals surface area contributed by atoms with Gasteiger partial charge in [-0.25, -0.2) is 4.39 Å². The Hall–Kier alpha value is -3.39. The van der Waals surface area contributed by atoms with E-state index in [1.807, 2.05) is 6.07 Å². The number of aryl methyl sites for hydroxylation is 1. The summed E-state index contributed by atoms with van der Waals surface area (Å²) in [7, 11) is 0. The van der Waals surface area contributed by atoms with E-state index in [9.17, 15) is 22.4 Å². The van der Waals surface area contributed by atoms with Gasteiger partial charge in [-0.3, -0.25) is 19.8 Å². The number of alkyl halides is 3. The highest BCUT2D eigenvalue weighted by atomic mass is 19.4. The molecule has 7 nitrogen and oxygen atoms in total. The van der Waals surface area contributed by atoms with E-state index >= 15 is 0 Å². The van der Waals surface area contributed by atoms with Crippen molar-refractivity contribution in [2.45, 2.75) is 44.5 Å². The Labute approximate surface area is 181 Å². The van der Waals surface area contributed by atoms with Gasteiger partial charge in [0.2, 0.25) is 5.60 Å². The number of amidine groups is 1. The first-order valence-corrected chi connectivity index (χ1v) is 9.43. The SMILES string of the molecule is Cc1cc(C#N)cnc1C(=O)Cc1ccc(F)c([C@]2(C)CO[C@@](C)(C(F)(F)F)C(N)=N2)n1. The molecule has 0 spiro atoms. The number of aliphatic imine (C=N–C) groups is 1. The average Bonchev–Trinajstić information content (AvgIpc) is 2.71. The minimum Gasteiger partial charge on any atom is -0.385 e. The Bertz CT molecular complexity index is 1160. The standard InChI is InChI=1S/C21H19F4N5O2/c1-11-6-12(8-26)9-28-16(11)15(31)7-13-4-5-14(22)17(29-13)19(2)10-32-20(3,18(27)30-19)21(23,24)25/h4-6,9H,7,10H2,1-3H3,(H2,27,30)/t19-,20+/m0/s1. The van der Waals surface area contributed by atoms with Crippen molar-refractivity contribution in [3.05, 3.63) is 58.4 Å². The molecule has 0 radical (unpaired) electrons. The summed E-state index contributed by atoms with van der Waals surface area (Å²) < 4.78 is 59.6. The molecule has 0 saturated carbocycles. The molecule has 0 unspecified atom stereocenters. The lowest BCUT2D eigenvalue weighted by Gasteiger charge is -2.40. The fourth-order valence-corrected chi connectivity index (χ4v) is 3.25. The molecule has 3 heterocycles. The number of carbonyl (C=O) groups excluding carboxylic acids is 1. The van der Waals surface area contributed by atoms with Crippen molar-refractivity contribution >= 4 is 11.6 Å². The van der Waals surface area contributed by atoms with Gasteiger partial charge in [-0.1, -0.05) is 0 Å². The molecule has 3 rings (SSSR count). The lowest BCUT2D eigenvalue weighted by Crippen LogP contribution is -2.60. The summed E-state index contributed by atoms with van der Waals surface area (Å²) in [5, 5.41) is 8.91. The van der Waals surface area contributed by atoms with E-state index in [0.717, 1.165) is 13.0 Å². The zero-order valence-corrected chi connectivity index (χ0v) is 17.4.